The lowest BCUT2D eigenvalue weighted by molar-refractivity contribution is 0.145. The molecule has 0 amide bonds. The fourth-order valence-corrected chi connectivity index (χ4v) is 4.22. The van der Waals surface area contributed by atoms with Crippen LogP contribution in [0.4, 0.5) is 5.13 Å². The van der Waals surface area contributed by atoms with E-state index < -0.39 is 0 Å². The predicted molar refractivity (Wildman–Crippen MR) is 120 cm³/mol. The van der Waals surface area contributed by atoms with Crippen LogP contribution in [0.25, 0.3) is 11.3 Å². The Morgan fingerprint density at radius 1 is 1.29 bits per heavy atom. The molecule has 1 N–H and O–H groups in total. The van der Waals surface area contributed by atoms with E-state index in [1.807, 2.05) is 25.1 Å². The molecule has 6 nitrogen and oxygen atoms in total. The summed E-state index contributed by atoms with van der Waals surface area (Å²) in [6, 6.07) is 8.03. The number of piperazine rings is 1. The molecular weight excluding hydrogens is 392 g/mol. The molecular formula is C20H28N4O2S2. The molecule has 1 aromatic carbocycles. The average molecular weight is 421 g/mol. The van der Waals surface area contributed by atoms with Crippen LogP contribution in [0.15, 0.2) is 29.6 Å². The third-order valence-corrected chi connectivity index (χ3v) is 5.94. The van der Waals surface area contributed by atoms with Crippen molar-refractivity contribution in [1.82, 2.24) is 15.2 Å². The molecule has 3 rings (SSSR count). The maximum absolute atomic E-state index is 5.53. The quantitative estimate of drug-likeness (QED) is 0.520. The molecule has 0 radical (unpaired) electrons. The van der Waals surface area contributed by atoms with Gasteiger partial charge in [-0.1, -0.05) is 12.1 Å². The molecule has 0 aliphatic carbocycles. The highest BCUT2D eigenvalue weighted by Gasteiger charge is 2.21. The first-order valence-electron chi connectivity index (χ1n) is 9.66. The van der Waals surface area contributed by atoms with Crippen LogP contribution >= 0.6 is 23.6 Å². The zero-order chi connectivity index (χ0) is 19.8. The summed E-state index contributed by atoms with van der Waals surface area (Å²) in [5.41, 5.74) is 2.07. The van der Waals surface area contributed by atoms with Crippen molar-refractivity contribution < 1.29 is 9.47 Å². The summed E-state index contributed by atoms with van der Waals surface area (Å²) < 4.78 is 10.7. The number of thiazole rings is 1. The number of ether oxygens (including phenoxy) is 2. The van der Waals surface area contributed by atoms with Crippen LogP contribution in [0.5, 0.6) is 5.75 Å². The highest BCUT2D eigenvalue weighted by atomic mass is 32.1. The molecule has 1 saturated heterocycles. The third kappa shape index (κ3) is 5.56. The maximum Gasteiger partial charge on any atom is 0.185 e. The minimum Gasteiger partial charge on any atom is -0.497 e. The second kappa shape index (κ2) is 10.6. The van der Waals surface area contributed by atoms with Crippen LogP contribution < -0.4 is 15.0 Å². The summed E-state index contributed by atoms with van der Waals surface area (Å²) in [4.78, 5) is 9.41. The standard InChI is InChI=1S/C20H28N4O2S2/c1-3-26-13-5-8-21-19(27)23-9-11-24(12-10-23)20-22-18(15-28-20)16-6-4-7-17(14-16)25-2/h4,6-7,14-15H,3,5,8-13H2,1-2H3,(H,21,27). The highest BCUT2D eigenvalue weighted by molar-refractivity contribution is 7.80. The molecule has 28 heavy (non-hydrogen) atoms. The lowest BCUT2D eigenvalue weighted by Crippen LogP contribution is -2.51. The SMILES string of the molecule is CCOCCCNC(=S)N1CCN(c2nc(-c3cccc(OC)c3)cs2)CC1. The van der Waals surface area contributed by atoms with Crippen molar-refractivity contribution in [2.24, 2.45) is 0 Å². The van der Waals surface area contributed by atoms with Gasteiger partial charge in [0.25, 0.3) is 0 Å². The number of nitrogens with zero attached hydrogens (tertiary/aromatic N) is 3. The third-order valence-electron chi connectivity index (χ3n) is 4.64. The Morgan fingerprint density at radius 2 is 2.11 bits per heavy atom. The van der Waals surface area contributed by atoms with Crippen LogP contribution in [-0.4, -0.2) is 68.0 Å². The smallest absolute Gasteiger partial charge is 0.185 e. The van der Waals surface area contributed by atoms with Gasteiger partial charge in [0.15, 0.2) is 10.2 Å². The van der Waals surface area contributed by atoms with Gasteiger partial charge in [0, 0.05) is 56.9 Å². The first-order valence-corrected chi connectivity index (χ1v) is 11.0. The van der Waals surface area contributed by atoms with Gasteiger partial charge in [-0.15, -0.1) is 11.3 Å². The largest absolute Gasteiger partial charge is 0.497 e. The van der Waals surface area contributed by atoms with E-state index >= 15 is 0 Å². The normalized spacial score (nSPS) is 14.2. The Labute approximate surface area is 176 Å². The number of benzene rings is 1. The van der Waals surface area contributed by atoms with Crippen LogP contribution in [0.1, 0.15) is 13.3 Å². The number of aromatic nitrogens is 1. The zero-order valence-electron chi connectivity index (χ0n) is 16.5. The second-order valence-electron chi connectivity index (χ2n) is 6.50. The van der Waals surface area contributed by atoms with E-state index in [1.165, 1.54) is 0 Å². The number of thiocarbonyl (C=S) groups is 1. The summed E-state index contributed by atoms with van der Waals surface area (Å²) in [7, 11) is 1.68. The van der Waals surface area contributed by atoms with Crippen molar-refractivity contribution in [2.75, 3.05) is 57.9 Å². The molecule has 0 bridgehead atoms. The minimum atomic E-state index is 0.767. The van der Waals surface area contributed by atoms with E-state index in [9.17, 15) is 0 Å². The Morgan fingerprint density at radius 3 is 2.86 bits per heavy atom. The average Bonchev–Trinajstić information content (AvgIpc) is 3.24. The number of hydrogen-bond donors (Lipinski definition) is 1. The van der Waals surface area contributed by atoms with Gasteiger partial charge >= 0.3 is 0 Å². The van der Waals surface area contributed by atoms with Crippen LogP contribution in [0.2, 0.25) is 0 Å². The van der Waals surface area contributed by atoms with Gasteiger partial charge in [-0.3, -0.25) is 0 Å². The highest BCUT2D eigenvalue weighted by Crippen LogP contribution is 2.29. The summed E-state index contributed by atoms with van der Waals surface area (Å²) >= 11 is 7.22. The lowest BCUT2D eigenvalue weighted by Gasteiger charge is -2.36. The van der Waals surface area contributed by atoms with Crippen molar-refractivity contribution in [3.63, 3.8) is 0 Å². The Bertz CT molecular complexity index is 760. The summed E-state index contributed by atoms with van der Waals surface area (Å²) in [6.07, 6.45) is 0.972. The van der Waals surface area contributed by atoms with Crippen LogP contribution in [0.3, 0.4) is 0 Å². The van der Waals surface area contributed by atoms with Gasteiger partial charge in [0.1, 0.15) is 5.75 Å². The lowest BCUT2D eigenvalue weighted by atomic mass is 10.2. The second-order valence-corrected chi connectivity index (χ2v) is 7.73. The molecule has 0 unspecified atom stereocenters. The molecule has 8 heteroatoms. The minimum absolute atomic E-state index is 0.767. The van der Waals surface area contributed by atoms with Crippen molar-refractivity contribution >= 4 is 33.8 Å². The number of anilines is 1. The maximum atomic E-state index is 5.53. The van der Waals surface area contributed by atoms with Gasteiger partial charge in [-0.05, 0) is 37.7 Å². The topological polar surface area (TPSA) is 49.9 Å². The monoisotopic (exact) mass is 420 g/mol. The fourth-order valence-electron chi connectivity index (χ4n) is 3.05. The zero-order valence-corrected chi connectivity index (χ0v) is 18.2. The van der Waals surface area contributed by atoms with Gasteiger partial charge < -0.3 is 24.6 Å². The van der Waals surface area contributed by atoms with E-state index in [2.05, 4.69) is 26.6 Å². The molecule has 152 valence electrons. The van der Waals surface area contributed by atoms with Crippen molar-refractivity contribution in [3.05, 3.63) is 29.6 Å². The summed E-state index contributed by atoms with van der Waals surface area (Å²) in [5, 5.41) is 7.35. The molecule has 2 heterocycles. The molecule has 1 fully saturated rings. The fraction of sp³-hybridized carbons (Fsp3) is 0.500. The van der Waals surface area contributed by atoms with Crippen molar-refractivity contribution in [2.45, 2.75) is 13.3 Å². The summed E-state index contributed by atoms with van der Waals surface area (Å²) in [6.45, 7) is 8.08. The Kier molecular flexibility index (Phi) is 7.88. The van der Waals surface area contributed by atoms with E-state index in [0.717, 1.165) is 79.6 Å². The Balaban J connectivity index is 1.48. The van der Waals surface area contributed by atoms with E-state index in [0.29, 0.717) is 0 Å². The first-order chi connectivity index (χ1) is 13.7. The predicted octanol–water partition coefficient (Wildman–Crippen LogP) is 3.24. The molecule has 2 aromatic rings. The number of methoxy groups -OCH3 is 1. The summed E-state index contributed by atoms with van der Waals surface area (Å²) in [5.74, 6) is 0.850. The molecule has 1 aromatic heterocycles. The van der Waals surface area contributed by atoms with Gasteiger partial charge in [-0.25, -0.2) is 4.98 Å². The molecule has 0 atom stereocenters. The Hall–Kier alpha value is -1.90. The van der Waals surface area contributed by atoms with Crippen molar-refractivity contribution in [3.8, 4) is 17.0 Å². The van der Waals surface area contributed by atoms with E-state index in [4.69, 9.17) is 26.7 Å². The van der Waals surface area contributed by atoms with Crippen LogP contribution in [0, 0.1) is 0 Å². The number of hydrogen-bond acceptors (Lipinski definition) is 6. The van der Waals surface area contributed by atoms with Crippen LogP contribution in [-0.2, 0) is 4.74 Å². The number of nitrogens with one attached hydrogen (secondary N) is 1. The first kappa shape index (κ1) is 20.8. The van der Waals surface area contributed by atoms with Crippen molar-refractivity contribution in [1.29, 1.82) is 0 Å². The molecule has 0 spiro atoms. The van der Waals surface area contributed by atoms with Gasteiger partial charge in [0.2, 0.25) is 0 Å². The van der Waals surface area contributed by atoms with E-state index in [1.54, 1.807) is 18.4 Å². The van der Waals surface area contributed by atoms with Gasteiger partial charge in [-0.2, -0.15) is 0 Å². The van der Waals surface area contributed by atoms with Gasteiger partial charge in [0.05, 0.1) is 12.8 Å². The molecule has 0 saturated carbocycles. The van der Waals surface area contributed by atoms with E-state index in [-0.39, 0.29) is 0 Å². The molecule has 1 aliphatic heterocycles. The number of rotatable bonds is 8. The molecule has 1 aliphatic rings.